The average molecular weight is 355 g/mol. The van der Waals surface area contributed by atoms with Crippen molar-refractivity contribution in [3.63, 3.8) is 0 Å². The van der Waals surface area contributed by atoms with Gasteiger partial charge in [0.05, 0.1) is 23.9 Å². The van der Waals surface area contributed by atoms with E-state index < -0.39 is 23.4 Å². The van der Waals surface area contributed by atoms with Gasteiger partial charge >= 0.3 is 6.18 Å². The summed E-state index contributed by atoms with van der Waals surface area (Å²) >= 11 is 0. The van der Waals surface area contributed by atoms with Crippen LogP contribution in [0, 0.1) is 0 Å². The Morgan fingerprint density at radius 3 is 2.84 bits per heavy atom. The van der Waals surface area contributed by atoms with E-state index in [2.05, 4.69) is 5.10 Å². The molecule has 0 saturated carbocycles. The van der Waals surface area contributed by atoms with Crippen molar-refractivity contribution in [1.82, 2.24) is 9.78 Å². The van der Waals surface area contributed by atoms with Gasteiger partial charge in [0.15, 0.2) is 0 Å². The highest BCUT2D eigenvalue weighted by Crippen LogP contribution is 2.45. The standard InChI is InChI=1S/C16H16F3N3O3/c17-16(18,19)12-11-10(25-14(12)15(20)23)4-3-8-6-22(21-13(8)11)7-9-2-1-5-24-9/h6,9H,1-5,7H2,(H2,20,23)/t9-/m0/s1. The van der Waals surface area contributed by atoms with Crippen LogP contribution in [-0.2, 0) is 30.3 Å². The minimum absolute atomic E-state index is 0.0217. The highest BCUT2D eigenvalue weighted by Gasteiger charge is 2.44. The van der Waals surface area contributed by atoms with E-state index in [1.54, 1.807) is 10.9 Å². The lowest BCUT2D eigenvalue weighted by Crippen LogP contribution is -2.18. The summed E-state index contributed by atoms with van der Waals surface area (Å²) in [4.78, 5) is 11.4. The molecule has 2 aromatic heterocycles. The van der Waals surface area contributed by atoms with E-state index in [9.17, 15) is 18.0 Å². The van der Waals surface area contributed by atoms with Crippen LogP contribution in [0.1, 0.15) is 40.3 Å². The Balaban J connectivity index is 1.80. The number of furan rings is 1. The van der Waals surface area contributed by atoms with E-state index in [4.69, 9.17) is 14.9 Å². The summed E-state index contributed by atoms with van der Waals surface area (Å²) in [6.07, 6.45) is -0.348. The van der Waals surface area contributed by atoms with Gasteiger partial charge in [-0.05, 0) is 24.8 Å². The molecule has 0 unspecified atom stereocenters. The second-order valence-corrected chi connectivity index (χ2v) is 6.33. The summed E-state index contributed by atoms with van der Waals surface area (Å²) in [5, 5.41) is 4.33. The number of hydrogen-bond acceptors (Lipinski definition) is 4. The summed E-state index contributed by atoms with van der Waals surface area (Å²) in [6.45, 7) is 1.18. The SMILES string of the molecule is NC(=O)c1oc2c(c1C(F)(F)F)-c1nn(C[C@@H]3CCCO3)cc1CC2. The third-order valence-electron chi connectivity index (χ3n) is 4.60. The van der Waals surface area contributed by atoms with Crippen LogP contribution in [0.4, 0.5) is 13.2 Å². The second kappa shape index (κ2) is 5.62. The predicted molar refractivity (Wildman–Crippen MR) is 79.8 cm³/mol. The van der Waals surface area contributed by atoms with Crippen LogP contribution < -0.4 is 5.73 Å². The molecule has 1 atom stereocenters. The number of hydrogen-bond donors (Lipinski definition) is 1. The molecule has 1 fully saturated rings. The first-order valence-electron chi connectivity index (χ1n) is 8.05. The van der Waals surface area contributed by atoms with Gasteiger partial charge in [0, 0.05) is 19.2 Å². The number of aryl methyl sites for hydroxylation is 2. The van der Waals surface area contributed by atoms with E-state index in [-0.39, 0.29) is 29.5 Å². The van der Waals surface area contributed by atoms with Crippen LogP contribution in [0.2, 0.25) is 0 Å². The first kappa shape index (κ1) is 16.2. The zero-order valence-corrected chi connectivity index (χ0v) is 13.2. The number of nitrogens with zero attached hydrogens (tertiary/aromatic N) is 2. The largest absolute Gasteiger partial charge is 0.455 e. The molecule has 3 heterocycles. The Morgan fingerprint density at radius 2 is 2.20 bits per heavy atom. The lowest BCUT2D eigenvalue weighted by atomic mass is 9.93. The maximum atomic E-state index is 13.5. The second-order valence-electron chi connectivity index (χ2n) is 6.33. The molecule has 1 saturated heterocycles. The fourth-order valence-electron chi connectivity index (χ4n) is 3.54. The summed E-state index contributed by atoms with van der Waals surface area (Å²) in [7, 11) is 0. The molecule has 0 radical (unpaired) electrons. The number of aromatic nitrogens is 2. The third kappa shape index (κ3) is 2.72. The third-order valence-corrected chi connectivity index (χ3v) is 4.60. The Kier molecular flexibility index (Phi) is 3.64. The summed E-state index contributed by atoms with van der Waals surface area (Å²) in [5.41, 5.74) is 4.71. The maximum Gasteiger partial charge on any atom is 0.420 e. The predicted octanol–water partition coefficient (Wildman–Crippen LogP) is 2.54. The number of amides is 1. The van der Waals surface area contributed by atoms with Crippen LogP contribution >= 0.6 is 0 Å². The van der Waals surface area contributed by atoms with Gasteiger partial charge in [-0.25, -0.2) is 0 Å². The lowest BCUT2D eigenvalue weighted by Gasteiger charge is -2.12. The molecule has 1 aliphatic carbocycles. The Hall–Kier alpha value is -2.29. The van der Waals surface area contributed by atoms with Crippen molar-refractivity contribution in [2.75, 3.05) is 6.61 Å². The van der Waals surface area contributed by atoms with Gasteiger partial charge in [-0.1, -0.05) is 0 Å². The zero-order chi connectivity index (χ0) is 17.8. The summed E-state index contributed by atoms with van der Waals surface area (Å²) in [5.74, 6) is -1.97. The summed E-state index contributed by atoms with van der Waals surface area (Å²) < 4.78 is 52.9. The molecule has 0 aromatic carbocycles. The van der Waals surface area contributed by atoms with Crippen molar-refractivity contribution in [3.05, 3.63) is 28.8 Å². The first-order valence-corrected chi connectivity index (χ1v) is 8.05. The van der Waals surface area contributed by atoms with Crippen molar-refractivity contribution < 1.29 is 27.1 Å². The van der Waals surface area contributed by atoms with Crippen LogP contribution in [0.3, 0.4) is 0 Å². The number of carbonyl (C=O) groups excluding carboxylic acids is 1. The first-order chi connectivity index (χ1) is 11.8. The van der Waals surface area contributed by atoms with Gasteiger partial charge in [0.25, 0.3) is 5.91 Å². The van der Waals surface area contributed by atoms with Gasteiger partial charge in [-0.3, -0.25) is 9.48 Å². The smallest absolute Gasteiger partial charge is 0.420 e. The molecular formula is C16H16F3N3O3. The molecule has 25 heavy (non-hydrogen) atoms. The van der Waals surface area contributed by atoms with Gasteiger partial charge < -0.3 is 14.9 Å². The van der Waals surface area contributed by atoms with Crippen molar-refractivity contribution in [2.24, 2.45) is 5.73 Å². The monoisotopic (exact) mass is 355 g/mol. The zero-order valence-electron chi connectivity index (χ0n) is 13.2. The molecule has 6 nitrogen and oxygen atoms in total. The molecule has 1 amide bonds. The number of primary amides is 1. The normalized spacial score (nSPS) is 19.7. The highest BCUT2D eigenvalue weighted by atomic mass is 19.4. The molecule has 2 N–H and O–H groups in total. The fraction of sp³-hybridized carbons (Fsp3) is 0.500. The lowest BCUT2D eigenvalue weighted by molar-refractivity contribution is -0.137. The highest BCUT2D eigenvalue weighted by molar-refractivity contribution is 5.94. The van der Waals surface area contributed by atoms with Gasteiger partial charge in [0.2, 0.25) is 5.76 Å². The van der Waals surface area contributed by atoms with Crippen molar-refractivity contribution in [3.8, 4) is 11.3 Å². The van der Waals surface area contributed by atoms with Crippen molar-refractivity contribution >= 4 is 5.91 Å². The van der Waals surface area contributed by atoms with Crippen molar-refractivity contribution in [1.29, 1.82) is 0 Å². The van der Waals surface area contributed by atoms with E-state index in [0.29, 0.717) is 25.1 Å². The Morgan fingerprint density at radius 1 is 1.40 bits per heavy atom. The molecule has 0 bridgehead atoms. The van der Waals surface area contributed by atoms with Gasteiger partial charge in [-0.2, -0.15) is 18.3 Å². The number of alkyl halides is 3. The van der Waals surface area contributed by atoms with E-state index in [1.165, 1.54) is 0 Å². The van der Waals surface area contributed by atoms with E-state index in [0.717, 1.165) is 12.8 Å². The molecule has 1 aliphatic heterocycles. The number of rotatable bonds is 3. The molecule has 9 heteroatoms. The molecule has 2 aromatic rings. The quantitative estimate of drug-likeness (QED) is 0.917. The van der Waals surface area contributed by atoms with Crippen LogP contribution in [0.5, 0.6) is 0 Å². The maximum absolute atomic E-state index is 13.5. The Labute approximate surface area is 140 Å². The molecule has 4 rings (SSSR count). The molecule has 134 valence electrons. The number of fused-ring (bicyclic) bond motifs is 3. The molecule has 2 aliphatic rings. The minimum Gasteiger partial charge on any atom is -0.455 e. The molecule has 0 spiro atoms. The van der Waals surface area contributed by atoms with Crippen LogP contribution in [0.25, 0.3) is 11.3 Å². The van der Waals surface area contributed by atoms with E-state index >= 15 is 0 Å². The minimum atomic E-state index is -4.76. The topological polar surface area (TPSA) is 83.3 Å². The average Bonchev–Trinajstić information content (AvgIpc) is 3.22. The van der Waals surface area contributed by atoms with Gasteiger partial charge in [-0.15, -0.1) is 0 Å². The van der Waals surface area contributed by atoms with E-state index in [1.807, 2.05) is 0 Å². The van der Waals surface area contributed by atoms with Crippen LogP contribution in [-0.4, -0.2) is 28.4 Å². The number of carbonyl (C=O) groups is 1. The number of halogens is 3. The fourth-order valence-corrected chi connectivity index (χ4v) is 3.54. The number of nitrogens with two attached hydrogens (primary N) is 1. The van der Waals surface area contributed by atoms with Crippen LogP contribution in [0.15, 0.2) is 10.6 Å². The summed E-state index contributed by atoms with van der Waals surface area (Å²) in [6, 6.07) is 0. The van der Waals surface area contributed by atoms with Crippen molar-refractivity contribution in [2.45, 2.75) is 44.5 Å². The Bertz CT molecular complexity index is 832. The number of ether oxygens (including phenoxy) is 1. The molecular weight excluding hydrogens is 339 g/mol. The van der Waals surface area contributed by atoms with Gasteiger partial charge in [0.1, 0.15) is 11.3 Å².